The van der Waals surface area contributed by atoms with Crippen molar-refractivity contribution < 1.29 is 14.7 Å². The Morgan fingerprint density at radius 1 is 1.42 bits per heavy atom. The van der Waals surface area contributed by atoms with Crippen LogP contribution in [-0.2, 0) is 4.79 Å². The Balaban J connectivity index is 2.01. The molecule has 1 aliphatic rings. The van der Waals surface area contributed by atoms with Crippen LogP contribution in [0.25, 0.3) is 6.08 Å². The van der Waals surface area contributed by atoms with Crippen molar-refractivity contribution in [1.82, 2.24) is 10.3 Å². The van der Waals surface area contributed by atoms with E-state index in [9.17, 15) is 9.59 Å². The van der Waals surface area contributed by atoms with Gasteiger partial charge in [0.15, 0.2) is 0 Å². The van der Waals surface area contributed by atoms with Gasteiger partial charge < -0.3 is 10.4 Å². The number of nitrogens with zero attached hydrogens (tertiary/aromatic N) is 1. The second kappa shape index (κ2) is 5.65. The van der Waals surface area contributed by atoms with Crippen molar-refractivity contribution >= 4 is 18.0 Å². The minimum Gasteiger partial charge on any atom is -0.478 e. The van der Waals surface area contributed by atoms with E-state index in [1.54, 1.807) is 6.07 Å². The Kier molecular flexibility index (Phi) is 3.94. The average molecular weight is 260 g/mol. The summed E-state index contributed by atoms with van der Waals surface area (Å²) in [6.07, 6.45) is 7.45. The van der Waals surface area contributed by atoms with Gasteiger partial charge in [0.05, 0.1) is 5.56 Å². The maximum absolute atomic E-state index is 12.0. The third-order valence-corrected chi connectivity index (χ3v) is 3.15. The molecular weight excluding hydrogens is 244 g/mol. The summed E-state index contributed by atoms with van der Waals surface area (Å²) in [4.78, 5) is 26.3. The molecule has 0 spiro atoms. The van der Waals surface area contributed by atoms with Gasteiger partial charge in [-0.25, -0.2) is 4.79 Å². The van der Waals surface area contributed by atoms with Crippen molar-refractivity contribution in [3.8, 4) is 0 Å². The van der Waals surface area contributed by atoms with E-state index in [1.807, 2.05) is 0 Å². The van der Waals surface area contributed by atoms with Crippen molar-refractivity contribution in [2.45, 2.75) is 25.8 Å². The van der Waals surface area contributed by atoms with Crippen molar-refractivity contribution in [3.63, 3.8) is 0 Å². The van der Waals surface area contributed by atoms with Gasteiger partial charge in [-0.05, 0) is 36.5 Å². The molecule has 1 fully saturated rings. The SMILES string of the molecule is CC1CC(NC(=O)c2cncc(/C=C/C(=O)O)c2)C1. The quantitative estimate of drug-likeness (QED) is 0.808. The first-order valence-corrected chi connectivity index (χ1v) is 6.21. The fraction of sp³-hybridized carbons (Fsp3) is 0.357. The standard InChI is InChI=1S/C14H16N2O3/c1-9-4-12(5-9)16-14(19)11-6-10(7-15-8-11)2-3-13(17)18/h2-3,6-9,12H,4-5H2,1H3,(H,16,19)(H,17,18)/b3-2+. The minimum atomic E-state index is -1.03. The van der Waals surface area contributed by atoms with Crippen molar-refractivity contribution in [3.05, 3.63) is 35.7 Å². The fourth-order valence-corrected chi connectivity index (χ4v) is 2.13. The average Bonchev–Trinajstić information content (AvgIpc) is 2.35. The number of hydrogen-bond donors (Lipinski definition) is 2. The van der Waals surface area contributed by atoms with Crippen LogP contribution in [0.4, 0.5) is 0 Å². The van der Waals surface area contributed by atoms with Crippen molar-refractivity contribution in [2.24, 2.45) is 5.92 Å². The molecule has 1 aromatic rings. The van der Waals surface area contributed by atoms with Gasteiger partial charge in [0.2, 0.25) is 0 Å². The van der Waals surface area contributed by atoms with E-state index in [0.717, 1.165) is 18.9 Å². The molecule has 1 saturated carbocycles. The molecule has 0 aromatic carbocycles. The summed E-state index contributed by atoms with van der Waals surface area (Å²) >= 11 is 0. The summed E-state index contributed by atoms with van der Waals surface area (Å²) in [5, 5.41) is 11.5. The predicted molar refractivity (Wildman–Crippen MR) is 70.6 cm³/mol. The number of aliphatic carboxylic acids is 1. The monoisotopic (exact) mass is 260 g/mol. The maximum atomic E-state index is 12.0. The summed E-state index contributed by atoms with van der Waals surface area (Å²) in [6, 6.07) is 1.88. The number of rotatable bonds is 4. The molecule has 100 valence electrons. The highest BCUT2D eigenvalue weighted by Crippen LogP contribution is 2.26. The summed E-state index contributed by atoms with van der Waals surface area (Å²) in [5.41, 5.74) is 1.05. The highest BCUT2D eigenvalue weighted by Gasteiger charge is 2.26. The Bertz CT molecular complexity index is 519. The predicted octanol–water partition coefficient (Wildman–Crippen LogP) is 1.71. The summed E-state index contributed by atoms with van der Waals surface area (Å²) in [7, 11) is 0. The summed E-state index contributed by atoms with van der Waals surface area (Å²) < 4.78 is 0. The molecule has 0 aliphatic heterocycles. The number of carboxylic acid groups (broad SMARTS) is 1. The van der Waals surface area contributed by atoms with Crippen LogP contribution in [0.5, 0.6) is 0 Å². The van der Waals surface area contributed by atoms with E-state index in [2.05, 4.69) is 17.2 Å². The van der Waals surface area contributed by atoms with Crippen LogP contribution in [0.3, 0.4) is 0 Å². The van der Waals surface area contributed by atoms with Gasteiger partial charge in [-0.3, -0.25) is 9.78 Å². The largest absolute Gasteiger partial charge is 0.478 e. The smallest absolute Gasteiger partial charge is 0.328 e. The second-order valence-corrected chi connectivity index (χ2v) is 4.93. The van der Waals surface area contributed by atoms with Crippen LogP contribution < -0.4 is 5.32 Å². The first-order chi connectivity index (χ1) is 9.04. The van der Waals surface area contributed by atoms with Gasteiger partial charge in [0.25, 0.3) is 5.91 Å². The normalized spacial score (nSPS) is 21.9. The molecule has 1 heterocycles. The van der Waals surface area contributed by atoms with E-state index >= 15 is 0 Å². The molecule has 0 bridgehead atoms. The van der Waals surface area contributed by atoms with Crippen LogP contribution in [0, 0.1) is 5.92 Å². The minimum absolute atomic E-state index is 0.157. The lowest BCUT2D eigenvalue weighted by molar-refractivity contribution is -0.131. The molecular formula is C14H16N2O3. The molecule has 2 rings (SSSR count). The first-order valence-electron chi connectivity index (χ1n) is 6.21. The van der Waals surface area contributed by atoms with Gasteiger partial charge in [-0.2, -0.15) is 0 Å². The maximum Gasteiger partial charge on any atom is 0.328 e. The molecule has 0 atom stereocenters. The molecule has 5 nitrogen and oxygen atoms in total. The van der Waals surface area contributed by atoms with E-state index in [-0.39, 0.29) is 11.9 Å². The summed E-state index contributed by atoms with van der Waals surface area (Å²) in [5.74, 6) is -0.512. The van der Waals surface area contributed by atoms with Crippen LogP contribution in [0.15, 0.2) is 24.5 Å². The van der Waals surface area contributed by atoms with Crippen LogP contribution in [0.1, 0.15) is 35.7 Å². The number of pyridine rings is 1. The fourth-order valence-electron chi connectivity index (χ4n) is 2.13. The van der Waals surface area contributed by atoms with Crippen LogP contribution >= 0.6 is 0 Å². The topological polar surface area (TPSA) is 79.3 Å². The van der Waals surface area contributed by atoms with Crippen LogP contribution in [0.2, 0.25) is 0 Å². The Labute approximate surface area is 111 Å². The first kappa shape index (κ1) is 13.3. The Morgan fingerprint density at radius 2 is 2.16 bits per heavy atom. The molecule has 2 N–H and O–H groups in total. The third-order valence-electron chi connectivity index (χ3n) is 3.15. The molecule has 1 amide bonds. The zero-order valence-corrected chi connectivity index (χ0v) is 10.7. The van der Waals surface area contributed by atoms with E-state index in [0.29, 0.717) is 17.0 Å². The molecule has 1 aliphatic carbocycles. The molecule has 1 aromatic heterocycles. The lowest BCUT2D eigenvalue weighted by Crippen LogP contribution is -2.43. The van der Waals surface area contributed by atoms with Gasteiger partial charge >= 0.3 is 5.97 Å². The third kappa shape index (κ3) is 3.64. The van der Waals surface area contributed by atoms with Crippen LogP contribution in [-0.4, -0.2) is 28.0 Å². The molecule has 0 saturated heterocycles. The molecule has 0 radical (unpaired) electrons. The number of carbonyl (C=O) groups excluding carboxylic acids is 1. The zero-order chi connectivity index (χ0) is 13.8. The zero-order valence-electron chi connectivity index (χ0n) is 10.7. The number of amides is 1. The molecule has 19 heavy (non-hydrogen) atoms. The Hall–Kier alpha value is -2.17. The molecule has 5 heteroatoms. The number of nitrogens with one attached hydrogen (secondary N) is 1. The second-order valence-electron chi connectivity index (χ2n) is 4.93. The van der Waals surface area contributed by atoms with Crippen molar-refractivity contribution in [2.75, 3.05) is 0 Å². The van der Waals surface area contributed by atoms with Gasteiger partial charge in [0, 0.05) is 24.5 Å². The Morgan fingerprint density at radius 3 is 2.79 bits per heavy atom. The van der Waals surface area contributed by atoms with E-state index < -0.39 is 5.97 Å². The van der Waals surface area contributed by atoms with Gasteiger partial charge in [-0.1, -0.05) is 6.92 Å². The number of hydrogen-bond acceptors (Lipinski definition) is 3. The van der Waals surface area contributed by atoms with E-state index in [1.165, 1.54) is 18.5 Å². The number of aromatic nitrogens is 1. The number of carboxylic acids is 1. The lowest BCUT2D eigenvalue weighted by Gasteiger charge is -2.33. The highest BCUT2D eigenvalue weighted by molar-refractivity contribution is 5.95. The van der Waals surface area contributed by atoms with E-state index in [4.69, 9.17) is 5.11 Å². The highest BCUT2D eigenvalue weighted by atomic mass is 16.4. The molecule has 0 unspecified atom stereocenters. The van der Waals surface area contributed by atoms with Gasteiger partial charge in [0.1, 0.15) is 0 Å². The van der Waals surface area contributed by atoms with Gasteiger partial charge in [-0.15, -0.1) is 0 Å². The summed E-state index contributed by atoms with van der Waals surface area (Å²) in [6.45, 7) is 2.15. The number of carbonyl (C=O) groups is 2. The van der Waals surface area contributed by atoms with Crippen molar-refractivity contribution in [1.29, 1.82) is 0 Å². The lowest BCUT2D eigenvalue weighted by atomic mass is 9.82.